The highest BCUT2D eigenvalue weighted by Gasteiger charge is 2.20. The van der Waals surface area contributed by atoms with Gasteiger partial charge in [-0.1, -0.05) is 30.3 Å². The van der Waals surface area contributed by atoms with Crippen LogP contribution in [0.4, 0.5) is 0 Å². The molecule has 2 aromatic carbocycles. The van der Waals surface area contributed by atoms with Crippen molar-refractivity contribution < 1.29 is 13.2 Å². The maximum atomic E-state index is 12.7. The lowest BCUT2D eigenvalue weighted by molar-refractivity contribution is 0.406. The molecule has 0 aromatic heterocycles. The fourth-order valence-electron chi connectivity index (χ4n) is 2.59. The molecule has 0 saturated carbocycles. The van der Waals surface area contributed by atoms with E-state index in [0.717, 1.165) is 29.7 Å². The first-order valence-corrected chi connectivity index (χ1v) is 10.2. The first kappa shape index (κ1) is 19.8. The summed E-state index contributed by atoms with van der Waals surface area (Å²) in [4.78, 5) is 0.310. The third kappa shape index (κ3) is 5.21. The van der Waals surface area contributed by atoms with Crippen LogP contribution in [0, 0.1) is 0 Å². The predicted octanol–water partition coefficient (Wildman–Crippen LogP) is 3.73. The Kier molecular flexibility index (Phi) is 7.29. The highest BCUT2D eigenvalue weighted by Crippen LogP contribution is 2.20. The van der Waals surface area contributed by atoms with Crippen molar-refractivity contribution in [1.82, 2.24) is 4.31 Å². The maximum Gasteiger partial charge on any atom is 0.242 e. The third-order valence-electron chi connectivity index (χ3n) is 4.12. The minimum atomic E-state index is -3.50. The van der Waals surface area contributed by atoms with Gasteiger partial charge in [-0.25, -0.2) is 12.7 Å². The van der Waals surface area contributed by atoms with Crippen molar-refractivity contribution in [2.24, 2.45) is 0 Å². The van der Waals surface area contributed by atoms with E-state index in [1.807, 2.05) is 36.4 Å². The van der Waals surface area contributed by atoms with Crippen molar-refractivity contribution in [3.05, 3.63) is 59.7 Å². The zero-order valence-corrected chi connectivity index (χ0v) is 16.2. The monoisotopic (exact) mass is 381 g/mol. The van der Waals surface area contributed by atoms with Gasteiger partial charge < -0.3 is 4.74 Å². The SMILES string of the molecule is COc1ccccc1CCN(C)S(=O)(=O)c1ccc(CCCCl)cc1. The molecule has 0 aliphatic carbocycles. The van der Waals surface area contributed by atoms with E-state index in [4.69, 9.17) is 16.3 Å². The van der Waals surface area contributed by atoms with Crippen LogP contribution in [0.5, 0.6) is 5.75 Å². The Morgan fingerprint density at radius 1 is 1.04 bits per heavy atom. The van der Waals surface area contributed by atoms with Crippen molar-refractivity contribution in [2.75, 3.05) is 26.6 Å². The maximum absolute atomic E-state index is 12.7. The van der Waals surface area contributed by atoms with Crippen molar-refractivity contribution in [2.45, 2.75) is 24.2 Å². The lowest BCUT2D eigenvalue weighted by Gasteiger charge is -2.18. The number of rotatable bonds is 9. The Bertz CT molecular complexity index is 776. The largest absolute Gasteiger partial charge is 0.496 e. The van der Waals surface area contributed by atoms with Crippen molar-refractivity contribution in [3.8, 4) is 5.75 Å². The van der Waals surface area contributed by atoms with Crippen LogP contribution in [0.3, 0.4) is 0 Å². The van der Waals surface area contributed by atoms with E-state index in [-0.39, 0.29) is 0 Å². The van der Waals surface area contributed by atoms with Crippen molar-refractivity contribution in [3.63, 3.8) is 0 Å². The summed E-state index contributed by atoms with van der Waals surface area (Å²) in [5.74, 6) is 1.38. The van der Waals surface area contributed by atoms with E-state index >= 15 is 0 Å². The second-order valence-corrected chi connectivity index (χ2v) is 8.25. The van der Waals surface area contributed by atoms with Gasteiger partial charge in [-0.15, -0.1) is 11.6 Å². The van der Waals surface area contributed by atoms with Gasteiger partial charge in [0.15, 0.2) is 0 Å². The quantitative estimate of drug-likeness (QED) is 0.622. The van der Waals surface area contributed by atoms with E-state index in [1.54, 1.807) is 26.3 Å². The number of methoxy groups -OCH3 is 1. The molecule has 0 saturated heterocycles. The number of aryl methyl sites for hydroxylation is 1. The van der Waals surface area contributed by atoms with Crippen LogP contribution in [0.15, 0.2) is 53.4 Å². The van der Waals surface area contributed by atoms with Crippen molar-refractivity contribution in [1.29, 1.82) is 0 Å². The lowest BCUT2D eigenvalue weighted by atomic mass is 10.1. The van der Waals surface area contributed by atoms with Gasteiger partial charge in [-0.3, -0.25) is 0 Å². The van der Waals surface area contributed by atoms with Crippen LogP contribution in [-0.2, 0) is 22.9 Å². The average Bonchev–Trinajstić information content (AvgIpc) is 2.64. The summed E-state index contributed by atoms with van der Waals surface area (Å²) in [7, 11) is -0.280. The van der Waals surface area contributed by atoms with Gasteiger partial charge in [0.2, 0.25) is 10.0 Å². The Morgan fingerprint density at radius 2 is 1.72 bits per heavy atom. The zero-order chi connectivity index (χ0) is 18.3. The lowest BCUT2D eigenvalue weighted by Crippen LogP contribution is -2.29. The molecule has 25 heavy (non-hydrogen) atoms. The fourth-order valence-corrected chi connectivity index (χ4v) is 3.89. The molecule has 0 aliphatic heterocycles. The van der Waals surface area contributed by atoms with Gasteiger partial charge in [0.25, 0.3) is 0 Å². The molecule has 2 rings (SSSR count). The van der Waals surface area contributed by atoms with Crippen molar-refractivity contribution >= 4 is 21.6 Å². The van der Waals surface area contributed by atoms with Crippen LogP contribution < -0.4 is 4.74 Å². The summed E-state index contributed by atoms with van der Waals surface area (Å²) in [5.41, 5.74) is 2.08. The molecule has 2 aromatic rings. The number of nitrogens with zero attached hydrogens (tertiary/aromatic N) is 1. The van der Waals surface area contributed by atoms with E-state index in [0.29, 0.717) is 23.7 Å². The summed E-state index contributed by atoms with van der Waals surface area (Å²) in [6.45, 7) is 0.386. The highest BCUT2D eigenvalue weighted by atomic mass is 35.5. The van der Waals surface area contributed by atoms with Gasteiger partial charge in [0.05, 0.1) is 12.0 Å². The smallest absolute Gasteiger partial charge is 0.242 e. The number of sulfonamides is 1. The molecule has 0 spiro atoms. The summed E-state index contributed by atoms with van der Waals surface area (Å²) >= 11 is 5.69. The van der Waals surface area contributed by atoms with Gasteiger partial charge in [0, 0.05) is 19.5 Å². The molecule has 0 heterocycles. The number of benzene rings is 2. The van der Waals surface area contributed by atoms with Crippen LogP contribution >= 0.6 is 11.6 Å². The van der Waals surface area contributed by atoms with Crippen LogP contribution in [-0.4, -0.2) is 39.3 Å². The van der Waals surface area contributed by atoms with E-state index in [1.165, 1.54) is 4.31 Å². The summed E-state index contributed by atoms with van der Waals surface area (Å²) in [6.07, 6.45) is 2.33. The van der Waals surface area contributed by atoms with Crippen LogP contribution in [0.1, 0.15) is 17.5 Å². The molecular weight excluding hydrogens is 358 g/mol. The number of hydrogen-bond acceptors (Lipinski definition) is 3. The Hall–Kier alpha value is -1.56. The first-order chi connectivity index (χ1) is 12.0. The van der Waals surface area contributed by atoms with E-state index < -0.39 is 10.0 Å². The molecule has 0 aliphatic rings. The number of ether oxygens (including phenoxy) is 1. The number of alkyl halides is 1. The standard InChI is InChI=1S/C19H24ClNO3S/c1-21(15-13-17-7-3-4-8-19(17)24-2)25(22,23)18-11-9-16(10-12-18)6-5-14-20/h3-4,7-12H,5-6,13-15H2,1-2H3. The molecule has 0 unspecified atom stereocenters. The number of para-hydroxylation sites is 1. The van der Waals surface area contributed by atoms with Gasteiger partial charge in [0.1, 0.15) is 5.75 Å². The summed E-state index contributed by atoms with van der Waals surface area (Å²) in [5, 5.41) is 0. The Balaban J connectivity index is 2.05. The minimum Gasteiger partial charge on any atom is -0.496 e. The molecule has 6 heteroatoms. The van der Waals surface area contributed by atoms with Crippen LogP contribution in [0.25, 0.3) is 0 Å². The first-order valence-electron chi connectivity index (χ1n) is 8.22. The van der Waals surface area contributed by atoms with Gasteiger partial charge >= 0.3 is 0 Å². The van der Waals surface area contributed by atoms with Crippen LogP contribution in [0.2, 0.25) is 0 Å². The predicted molar refractivity (Wildman–Crippen MR) is 102 cm³/mol. The van der Waals surface area contributed by atoms with Gasteiger partial charge in [-0.2, -0.15) is 0 Å². The molecule has 0 N–H and O–H groups in total. The minimum absolute atomic E-state index is 0.310. The molecule has 4 nitrogen and oxygen atoms in total. The molecule has 136 valence electrons. The number of likely N-dealkylation sites (N-methyl/N-ethyl adjacent to an activating group) is 1. The molecule has 0 atom stereocenters. The summed E-state index contributed by atoms with van der Waals surface area (Å²) in [6, 6.07) is 14.7. The number of hydrogen-bond donors (Lipinski definition) is 0. The second kappa shape index (κ2) is 9.22. The summed E-state index contributed by atoms with van der Waals surface area (Å²) < 4.78 is 32.1. The third-order valence-corrected chi connectivity index (χ3v) is 6.26. The molecular formula is C19H24ClNO3S. The van der Waals surface area contributed by atoms with E-state index in [9.17, 15) is 8.42 Å². The fraction of sp³-hybridized carbons (Fsp3) is 0.368. The Morgan fingerprint density at radius 3 is 2.36 bits per heavy atom. The number of halogens is 1. The Labute approximate surface area is 155 Å². The second-order valence-electron chi connectivity index (χ2n) is 5.82. The normalized spacial score (nSPS) is 11.7. The molecule has 0 radical (unpaired) electrons. The van der Waals surface area contributed by atoms with E-state index in [2.05, 4.69) is 0 Å². The molecule has 0 fully saturated rings. The highest BCUT2D eigenvalue weighted by molar-refractivity contribution is 7.89. The van der Waals surface area contributed by atoms with Gasteiger partial charge in [-0.05, 0) is 48.6 Å². The zero-order valence-electron chi connectivity index (χ0n) is 14.6. The topological polar surface area (TPSA) is 46.6 Å². The average molecular weight is 382 g/mol. The molecule has 0 amide bonds. The molecule has 0 bridgehead atoms.